The van der Waals surface area contributed by atoms with Crippen LogP contribution in [-0.4, -0.2) is 22.6 Å². The summed E-state index contributed by atoms with van der Waals surface area (Å²) in [5.41, 5.74) is 5.33. The van der Waals surface area contributed by atoms with E-state index in [9.17, 15) is 0 Å². The highest BCUT2D eigenvalue weighted by atomic mass is 16.3. The van der Waals surface area contributed by atoms with Crippen molar-refractivity contribution in [2.75, 3.05) is 17.2 Å². The zero-order valence-electron chi connectivity index (χ0n) is 13.3. The van der Waals surface area contributed by atoms with Crippen molar-refractivity contribution in [1.82, 2.24) is 15.3 Å². The van der Waals surface area contributed by atoms with Crippen LogP contribution in [-0.2, 0) is 13.0 Å². The van der Waals surface area contributed by atoms with E-state index in [2.05, 4.69) is 44.1 Å². The van der Waals surface area contributed by atoms with Crippen LogP contribution in [0.15, 0.2) is 34.9 Å². The molecule has 0 radical (unpaired) electrons. The fraction of sp³-hybridized carbons (Fsp3) is 0.333. The minimum Gasteiger partial charge on any atom is -0.459 e. The predicted molar refractivity (Wildman–Crippen MR) is 93.6 cm³/mol. The second-order valence-corrected chi connectivity index (χ2v) is 6.48. The number of nitrogens with one attached hydrogen (secondary N) is 3. The van der Waals surface area contributed by atoms with Crippen LogP contribution in [0.2, 0.25) is 0 Å². The summed E-state index contributed by atoms with van der Waals surface area (Å²) in [6, 6.07) is 8.84. The van der Waals surface area contributed by atoms with Gasteiger partial charge in [-0.1, -0.05) is 6.07 Å². The summed E-state index contributed by atoms with van der Waals surface area (Å²) in [6.45, 7) is 1.98. The van der Waals surface area contributed by atoms with Crippen molar-refractivity contribution in [3.63, 3.8) is 0 Å². The summed E-state index contributed by atoms with van der Waals surface area (Å²) in [5.74, 6) is 1.37. The summed E-state index contributed by atoms with van der Waals surface area (Å²) >= 11 is 0. The number of benzene rings is 1. The van der Waals surface area contributed by atoms with Gasteiger partial charge in [0.25, 0.3) is 0 Å². The fourth-order valence-corrected chi connectivity index (χ4v) is 3.12. The van der Waals surface area contributed by atoms with E-state index in [0.717, 1.165) is 42.1 Å². The lowest BCUT2D eigenvalue weighted by Crippen LogP contribution is -2.23. The molecule has 0 amide bonds. The maximum absolute atomic E-state index is 5.54. The summed E-state index contributed by atoms with van der Waals surface area (Å²) in [7, 11) is 0. The Morgan fingerprint density at radius 1 is 1.12 bits per heavy atom. The van der Waals surface area contributed by atoms with Gasteiger partial charge in [-0.3, -0.25) is 0 Å². The molecule has 3 aromatic rings. The van der Waals surface area contributed by atoms with Gasteiger partial charge < -0.3 is 20.4 Å². The molecule has 3 heterocycles. The molecule has 6 nitrogen and oxygen atoms in total. The Hall–Kier alpha value is -2.60. The van der Waals surface area contributed by atoms with E-state index in [1.165, 1.54) is 24.0 Å². The molecule has 5 rings (SSSR count). The lowest BCUT2D eigenvalue weighted by Gasteiger charge is -2.18. The third-order valence-electron chi connectivity index (χ3n) is 4.57. The molecular formula is C18H19N5O. The molecule has 122 valence electrons. The maximum Gasteiger partial charge on any atom is 0.229 e. The topological polar surface area (TPSA) is 75.0 Å². The molecule has 0 saturated heterocycles. The molecule has 1 aliphatic heterocycles. The molecule has 3 N–H and O–H groups in total. The van der Waals surface area contributed by atoms with E-state index >= 15 is 0 Å². The second-order valence-electron chi connectivity index (χ2n) is 6.48. The first-order valence-corrected chi connectivity index (χ1v) is 8.46. The number of hydrogen-bond donors (Lipinski definition) is 3. The average molecular weight is 321 g/mol. The van der Waals surface area contributed by atoms with Crippen LogP contribution >= 0.6 is 0 Å². The van der Waals surface area contributed by atoms with Crippen molar-refractivity contribution in [3.8, 4) is 0 Å². The Kier molecular flexibility index (Phi) is 3.16. The van der Waals surface area contributed by atoms with E-state index in [4.69, 9.17) is 4.42 Å². The first-order valence-electron chi connectivity index (χ1n) is 8.46. The molecular weight excluding hydrogens is 302 g/mol. The average Bonchev–Trinajstić information content (AvgIpc) is 3.28. The largest absolute Gasteiger partial charge is 0.459 e. The van der Waals surface area contributed by atoms with Gasteiger partial charge in [0, 0.05) is 24.3 Å². The van der Waals surface area contributed by atoms with Crippen LogP contribution in [0, 0.1) is 0 Å². The summed E-state index contributed by atoms with van der Waals surface area (Å²) in [6.07, 6.45) is 5.09. The van der Waals surface area contributed by atoms with E-state index in [1.807, 2.05) is 6.07 Å². The Bertz CT molecular complexity index is 900. The zero-order chi connectivity index (χ0) is 15.9. The summed E-state index contributed by atoms with van der Waals surface area (Å²) < 4.78 is 5.54. The molecule has 1 fully saturated rings. The van der Waals surface area contributed by atoms with E-state index < -0.39 is 0 Å². The van der Waals surface area contributed by atoms with Gasteiger partial charge >= 0.3 is 0 Å². The SMILES string of the molecule is c1cc2nc(Nc3ccc4c(c3)CCNC4)nc(NC3CC3)c2o1. The zero-order valence-corrected chi connectivity index (χ0v) is 13.3. The van der Waals surface area contributed by atoms with Crippen LogP contribution in [0.3, 0.4) is 0 Å². The Morgan fingerprint density at radius 3 is 3.00 bits per heavy atom. The van der Waals surface area contributed by atoms with Gasteiger partial charge in [-0.15, -0.1) is 0 Å². The smallest absolute Gasteiger partial charge is 0.229 e. The fourth-order valence-electron chi connectivity index (χ4n) is 3.12. The molecule has 0 atom stereocenters. The van der Waals surface area contributed by atoms with Crippen molar-refractivity contribution < 1.29 is 4.42 Å². The van der Waals surface area contributed by atoms with E-state index in [0.29, 0.717) is 12.0 Å². The molecule has 1 aliphatic carbocycles. The first-order chi connectivity index (χ1) is 11.8. The highest BCUT2D eigenvalue weighted by Gasteiger charge is 2.23. The van der Waals surface area contributed by atoms with Crippen molar-refractivity contribution in [2.24, 2.45) is 0 Å². The summed E-state index contributed by atoms with van der Waals surface area (Å²) in [5, 5.41) is 10.2. The van der Waals surface area contributed by atoms with Crippen molar-refractivity contribution >= 4 is 28.6 Å². The second kappa shape index (κ2) is 5.49. The minimum absolute atomic E-state index is 0.511. The first kappa shape index (κ1) is 13.8. The number of fused-ring (bicyclic) bond motifs is 2. The van der Waals surface area contributed by atoms with Crippen molar-refractivity contribution in [2.45, 2.75) is 31.8 Å². The van der Waals surface area contributed by atoms with E-state index in [-0.39, 0.29) is 0 Å². The van der Waals surface area contributed by atoms with Gasteiger partial charge in [-0.25, -0.2) is 4.98 Å². The van der Waals surface area contributed by atoms with Crippen LogP contribution in [0.1, 0.15) is 24.0 Å². The number of furan rings is 1. The van der Waals surface area contributed by atoms with Crippen LogP contribution in [0.4, 0.5) is 17.5 Å². The highest BCUT2D eigenvalue weighted by molar-refractivity contribution is 5.85. The van der Waals surface area contributed by atoms with E-state index in [1.54, 1.807) is 6.26 Å². The molecule has 1 aromatic carbocycles. The van der Waals surface area contributed by atoms with Crippen LogP contribution in [0.25, 0.3) is 11.1 Å². The molecule has 0 spiro atoms. The standard InChI is InChI=1S/C18H19N5O/c1-2-14(9-11-5-7-19-10-12(1)11)21-18-22-15-6-8-24-16(15)17(23-18)20-13-3-4-13/h1-2,6,8-9,13,19H,3-5,7,10H2,(H2,20,21,22,23). The van der Waals surface area contributed by atoms with Gasteiger partial charge in [-0.05, 0) is 49.1 Å². The van der Waals surface area contributed by atoms with Gasteiger partial charge in [-0.2, -0.15) is 4.98 Å². The number of anilines is 3. The number of rotatable bonds is 4. The number of nitrogens with zero attached hydrogens (tertiary/aromatic N) is 2. The molecule has 2 aliphatic rings. The minimum atomic E-state index is 0.511. The van der Waals surface area contributed by atoms with Crippen LogP contribution < -0.4 is 16.0 Å². The molecule has 0 bridgehead atoms. The molecule has 24 heavy (non-hydrogen) atoms. The van der Waals surface area contributed by atoms with Crippen molar-refractivity contribution in [3.05, 3.63) is 41.7 Å². The van der Waals surface area contributed by atoms with Gasteiger partial charge in [0.05, 0.1) is 6.26 Å². The van der Waals surface area contributed by atoms with Gasteiger partial charge in [0.1, 0.15) is 5.52 Å². The third kappa shape index (κ3) is 2.59. The highest BCUT2D eigenvalue weighted by Crippen LogP contribution is 2.30. The number of hydrogen-bond acceptors (Lipinski definition) is 6. The van der Waals surface area contributed by atoms with Crippen LogP contribution in [0.5, 0.6) is 0 Å². The molecule has 0 unspecified atom stereocenters. The summed E-state index contributed by atoms with van der Waals surface area (Å²) in [4.78, 5) is 9.18. The lowest BCUT2D eigenvalue weighted by molar-refractivity contribution is 0.614. The number of aromatic nitrogens is 2. The lowest BCUT2D eigenvalue weighted by atomic mass is 10.0. The molecule has 6 heteroatoms. The monoisotopic (exact) mass is 321 g/mol. The van der Waals surface area contributed by atoms with Gasteiger partial charge in [0.15, 0.2) is 11.4 Å². The quantitative estimate of drug-likeness (QED) is 0.685. The predicted octanol–water partition coefficient (Wildman–Crippen LogP) is 3.19. The maximum atomic E-state index is 5.54. The Morgan fingerprint density at radius 2 is 2.08 bits per heavy atom. The van der Waals surface area contributed by atoms with Crippen molar-refractivity contribution in [1.29, 1.82) is 0 Å². The molecule has 2 aromatic heterocycles. The molecule has 1 saturated carbocycles. The Labute approximate surface area is 139 Å². The Balaban J connectivity index is 1.47. The van der Waals surface area contributed by atoms with Gasteiger partial charge in [0.2, 0.25) is 5.95 Å². The third-order valence-corrected chi connectivity index (χ3v) is 4.57. The normalized spacial score (nSPS) is 16.8.